The van der Waals surface area contributed by atoms with Gasteiger partial charge in [0.25, 0.3) is 0 Å². The average Bonchev–Trinajstić information content (AvgIpc) is 2.60. The normalized spacial score (nSPS) is 31.7. The lowest BCUT2D eigenvalue weighted by molar-refractivity contribution is -0.150. The lowest BCUT2D eigenvalue weighted by Crippen LogP contribution is -2.24. The predicted molar refractivity (Wildman–Crippen MR) is 96.3 cm³/mol. The summed E-state index contributed by atoms with van der Waals surface area (Å²) in [6.07, 6.45) is 18.5. The number of hydrogen-bond acceptors (Lipinski definition) is 2. The third-order valence-electron chi connectivity index (χ3n) is 6.30. The molecule has 0 aromatic rings. The summed E-state index contributed by atoms with van der Waals surface area (Å²) in [6, 6.07) is 0. The first kappa shape index (κ1) is 18.8. The van der Waals surface area contributed by atoms with E-state index in [9.17, 15) is 4.79 Å². The standard InChI is InChI=1S/C21H38O2/c1-3-5-6-17-7-9-18(10-8-17)11-12-19-13-15-20(16-14-19)23-21(22)4-2/h17-20H,3-16H2,1-2H3. The Bertz CT molecular complexity index is 323. The summed E-state index contributed by atoms with van der Waals surface area (Å²) in [5, 5.41) is 0. The first-order valence-electron chi connectivity index (χ1n) is 10.4. The SMILES string of the molecule is CCCCC1CCC(CCC2CCC(OC(=O)CC)CC2)CC1. The Morgan fingerprint density at radius 1 is 0.783 bits per heavy atom. The van der Waals surface area contributed by atoms with Crippen molar-refractivity contribution in [3.05, 3.63) is 0 Å². The van der Waals surface area contributed by atoms with E-state index in [1.165, 1.54) is 70.6 Å². The van der Waals surface area contributed by atoms with Crippen LogP contribution in [-0.4, -0.2) is 12.1 Å². The van der Waals surface area contributed by atoms with Crippen LogP contribution in [0.25, 0.3) is 0 Å². The van der Waals surface area contributed by atoms with E-state index in [1.807, 2.05) is 6.92 Å². The van der Waals surface area contributed by atoms with Crippen LogP contribution in [0.4, 0.5) is 0 Å². The van der Waals surface area contributed by atoms with Crippen LogP contribution < -0.4 is 0 Å². The minimum Gasteiger partial charge on any atom is -0.462 e. The van der Waals surface area contributed by atoms with Gasteiger partial charge in [0.2, 0.25) is 0 Å². The quantitative estimate of drug-likeness (QED) is 0.492. The van der Waals surface area contributed by atoms with E-state index in [0.717, 1.165) is 30.6 Å². The van der Waals surface area contributed by atoms with Crippen molar-refractivity contribution < 1.29 is 9.53 Å². The molecule has 2 heteroatoms. The summed E-state index contributed by atoms with van der Waals surface area (Å²) in [5.41, 5.74) is 0. The molecule has 0 saturated heterocycles. The lowest BCUT2D eigenvalue weighted by Gasteiger charge is -2.32. The van der Waals surface area contributed by atoms with Crippen LogP contribution in [0.15, 0.2) is 0 Å². The van der Waals surface area contributed by atoms with Gasteiger partial charge in [0.05, 0.1) is 0 Å². The molecule has 23 heavy (non-hydrogen) atoms. The zero-order valence-corrected chi connectivity index (χ0v) is 15.5. The topological polar surface area (TPSA) is 26.3 Å². The molecule has 0 bridgehead atoms. The van der Waals surface area contributed by atoms with E-state index >= 15 is 0 Å². The second kappa shape index (κ2) is 10.4. The molecule has 0 heterocycles. The fourth-order valence-electron chi connectivity index (χ4n) is 4.58. The highest BCUT2D eigenvalue weighted by Gasteiger charge is 2.25. The Labute approximate surface area is 143 Å². The van der Waals surface area contributed by atoms with Crippen LogP contribution in [0, 0.1) is 17.8 Å². The van der Waals surface area contributed by atoms with E-state index in [0.29, 0.717) is 6.42 Å². The molecule has 0 aromatic carbocycles. The molecule has 0 N–H and O–H groups in total. The smallest absolute Gasteiger partial charge is 0.305 e. The van der Waals surface area contributed by atoms with Crippen LogP contribution in [-0.2, 0) is 9.53 Å². The van der Waals surface area contributed by atoms with Crippen molar-refractivity contribution in [2.45, 2.75) is 110 Å². The van der Waals surface area contributed by atoms with Crippen molar-refractivity contribution >= 4 is 5.97 Å². The number of carbonyl (C=O) groups is 1. The minimum atomic E-state index is -0.0201. The van der Waals surface area contributed by atoms with Gasteiger partial charge in [-0.3, -0.25) is 4.79 Å². The number of esters is 1. The number of hydrogen-bond donors (Lipinski definition) is 0. The van der Waals surface area contributed by atoms with Gasteiger partial charge in [0.1, 0.15) is 6.10 Å². The lowest BCUT2D eigenvalue weighted by atomic mass is 9.76. The molecule has 2 nitrogen and oxygen atoms in total. The van der Waals surface area contributed by atoms with E-state index < -0.39 is 0 Å². The molecular weight excluding hydrogens is 284 g/mol. The van der Waals surface area contributed by atoms with Crippen LogP contribution in [0.3, 0.4) is 0 Å². The summed E-state index contributed by atoms with van der Waals surface area (Å²) in [6.45, 7) is 4.19. The van der Waals surface area contributed by atoms with Crippen LogP contribution in [0.1, 0.15) is 104 Å². The van der Waals surface area contributed by atoms with E-state index in [1.54, 1.807) is 0 Å². The van der Waals surface area contributed by atoms with Gasteiger partial charge in [-0.1, -0.05) is 71.6 Å². The highest BCUT2D eigenvalue weighted by atomic mass is 16.5. The third kappa shape index (κ3) is 6.85. The van der Waals surface area contributed by atoms with E-state index in [-0.39, 0.29) is 12.1 Å². The number of carbonyl (C=O) groups excluding carboxylic acids is 1. The second-order valence-corrected chi connectivity index (χ2v) is 8.09. The van der Waals surface area contributed by atoms with Gasteiger partial charge in [-0.15, -0.1) is 0 Å². The first-order valence-corrected chi connectivity index (χ1v) is 10.4. The molecule has 2 aliphatic rings. The Balaban J connectivity index is 1.55. The molecule has 0 spiro atoms. The maximum Gasteiger partial charge on any atom is 0.305 e. The Morgan fingerprint density at radius 3 is 1.74 bits per heavy atom. The van der Waals surface area contributed by atoms with Crippen molar-refractivity contribution in [2.24, 2.45) is 17.8 Å². The van der Waals surface area contributed by atoms with Gasteiger partial charge in [-0.25, -0.2) is 0 Å². The van der Waals surface area contributed by atoms with Crippen molar-refractivity contribution in [3.63, 3.8) is 0 Å². The van der Waals surface area contributed by atoms with E-state index in [2.05, 4.69) is 6.92 Å². The van der Waals surface area contributed by atoms with Crippen LogP contribution in [0.5, 0.6) is 0 Å². The monoisotopic (exact) mass is 322 g/mol. The highest BCUT2D eigenvalue weighted by Crippen LogP contribution is 2.37. The number of unbranched alkanes of at least 4 members (excludes halogenated alkanes) is 1. The maximum absolute atomic E-state index is 11.4. The maximum atomic E-state index is 11.4. The minimum absolute atomic E-state index is 0.0201. The van der Waals surface area contributed by atoms with Crippen molar-refractivity contribution in [3.8, 4) is 0 Å². The number of ether oxygens (including phenoxy) is 1. The molecule has 0 radical (unpaired) electrons. The summed E-state index contributed by atoms with van der Waals surface area (Å²) in [7, 11) is 0. The zero-order valence-electron chi connectivity index (χ0n) is 15.5. The first-order chi connectivity index (χ1) is 11.2. The molecule has 2 aliphatic carbocycles. The largest absolute Gasteiger partial charge is 0.462 e. The molecule has 0 atom stereocenters. The molecule has 2 rings (SSSR count). The van der Waals surface area contributed by atoms with Gasteiger partial charge >= 0.3 is 5.97 Å². The van der Waals surface area contributed by atoms with Gasteiger partial charge in [0, 0.05) is 6.42 Å². The molecule has 2 fully saturated rings. The van der Waals surface area contributed by atoms with Gasteiger partial charge in [-0.2, -0.15) is 0 Å². The zero-order chi connectivity index (χ0) is 16.5. The summed E-state index contributed by atoms with van der Waals surface area (Å²) in [5.74, 6) is 2.91. The van der Waals surface area contributed by atoms with Crippen molar-refractivity contribution in [1.29, 1.82) is 0 Å². The fourth-order valence-corrected chi connectivity index (χ4v) is 4.58. The van der Waals surface area contributed by atoms with Gasteiger partial charge < -0.3 is 4.74 Å². The van der Waals surface area contributed by atoms with E-state index in [4.69, 9.17) is 4.74 Å². The second-order valence-electron chi connectivity index (χ2n) is 8.09. The average molecular weight is 323 g/mol. The molecule has 0 unspecified atom stereocenters. The predicted octanol–water partition coefficient (Wildman–Crippen LogP) is 6.28. The van der Waals surface area contributed by atoms with Crippen molar-refractivity contribution in [1.82, 2.24) is 0 Å². The summed E-state index contributed by atoms with van der Waals surface area (Å²) < 4.78 is 5.49. The molecule has 0 aliphatic heterocycles. The van der Waals surface area contributed by atoms with Crippen LogP contribution >= 0.6 is 0 Å². The summed E-state index contributed by atoms with van der Waals surface area (Å²) >= 11 is 0. The summed E-state index contributed by atoms with van der Waals surface area (Å²) in [4.78, 5) is 11.4. The molecule has 0 amide bonds. The molecular formula is C21H38O2. The van der Waals surface area contributed by atoms with Crippen LogP contribution in [0.2, 0.25) is 0 Å². The third-order valence-corrected chi connectivity index (χ3v) is 6.30. The molecule has 134 valence electrons. The Hall–Kier alpha value is -0.530. The molecule has 0 aromatic heterocycles. The Kier molecular flexibility index (Phi) is 8.47. The van der Waals surface area contributed by atoms with Gasteiger partial charge in [-0.05, 0) is 43.4 Å². The molecule has 2 saturated carbocycles. The van der Waals surface area contributed by atoms with Gasteiger partial charge in [0.15, 0.2) is 0 Å². The fraction of sp³-hybridized carbons (Fsp3) is 0.952. The Morgan fingerprint density at radius 2 is 1.26 bits per heavy atom. The number of rotatable bonds is 8. The highest BCUT2D eigenvalue weighted by molar-refractivity contribution is 5.69. The van der Waals surface area contributed by atoms with Crippen molar-refractivity contribution in [2.75, 3.05) is 0 Å².